The van der Waals surface area contributed by atoms with Crippen LogP contribution in [0.1, 0.15) is 24.8 Å². The fourth-order valence-corrected chi connectivity index (χ4v) is 1.69. The number of rotatable bonds is 1. The smallest absolute Gasteiger partial charge is 0.149 e. The second-order valence-corrected chi connectivity index (χ2v) is 3.49. The van der Waals surface area contributed by atoms with Crippen LogP contribution in [-0.2, 0) is 5.54 Å². The Morgan fingerprint density at radius 3 is 2.15 bits per heavy atom. The van der Waals surface area contributed by atoms with Crippen LogP contribution in [0.15, 0.2) is 12.4 Å². The Hall–Kier alpha value is -1.03. The molecule has 70 valence electrons. The van der Waals surface area contributed by atoms with Crippen LogP contribution in [0.3, 0.4) is 0 Å². The van der Waals surface area contributed by atoms with Gasteiger partial charge in [-0.1, -0.05) is 0 Å². The van der Waals surface area contributed by atoms with Crippen molar-refractivity contribution in [1.82, 2.24) is 4.98 Å². The van der Waals surface area contributed by atoms with Gasteiger partial charge in [0.2, 0.25) is 0 Å². The summed E-state index contributed by atoms with van der Waals surface area (Å²) in [6, 6.07) is 0. The van der Waals surface area contributed by atoms with Crippen molar-refractivity contribution in [3.8, 4) is 0 Å². The highest BCUT2D eigenvalue weighted by Crippen LogP contribution is 2.40. The molecule has 1 aliphatic carbocycles. The summed E-state index contributed by atoms with van der Waals surface area (Å²) in [5.41, 5.74) is 5.02. The normalized spacial score (nSPS) is 19.6. The summed E-state index contributed by atoms with van der Waals surface area (Å²) in [6.45, 7) is 0. The Morgan fingerprint density at radius 2 is 1.77 bits per heavy atom. The minimum atomic E-state index is -0.795. The first-order chi connectivity index (χ1) is 6.13. The fraction of sp³-hybridized carbons (Fsp3) is 0.444. The van der Waals surface area contributed by atoms with Crippen LogP contribution < -0.4 is 5.73 Å². The van der Waals surface area contributed by atoms with Crippen molar-refractivity contribution in [2.75, 3.05) is 0 Å². The van der Waals surface area contributed by atoms with Gasteiger partial charge in [-0.2, -0.15) is 0 Å². The third-order valence-electron chi connectivity index (χ3n) is 2.60. The first-order valence-electron chi connectivity index (χ1n) is 4.22. The van der Waals surface area contributed by atoms with E-state index >= 15 is 0 Å². The zero-order chi connectivity index (χ0) is 9.47. The molecule has 1 aromatic heterocycles. The van der Waals surface area contributed by atoms with Crippen molar-refractivity contribution in [1.29, 1.82) is 0 Å². The quantitative estimate of drug-likeness (QED) is 0.721. The molecule has 0 unspecified atom stereocenters. The summed E-state index contributed by atoms with van der Waals surface area (Å²) in [5, 5.41) is 0. The maximum atomic E-state index is 13.2. The molecule has 2 nitrogen and oxygen atoms in total. The number of pyridine rings is 1. The van der Waals surface area contributed by atoms with E-state index in [1.54, 1.807) is 0 Å². The SMILES string of the molecule is NC1(c2c(F)cncc2F)CCC1. The van der Waals surface area contributed by atoms with Gasteiger partial charge >= 0.3 is 0 Å². The molecular weight excluding hydrogens is 174 g/mol. The maximum absolute atomic E-state index is 13.2. The molecule has 0 aliphatic heterocycles. The van der Waals surface area contributed by atoms with E-state index in [2.05, 4.69) is 4.98 Å². The average Bonchev–Trinajstić information content (AvgIpc) is 2.01. The standard InChI is InChI=1S/C9H10F2N2/c10-6-4-13-5-7(11)8(6)9(12)2-1-3-9/h4-5H,1-3,12H2. The van der Waals surface area contributed by atoms with E-state index in [4.69, 9.17) is 5.73 Å². The van der Waals surface area contributed by atoms with Gasteiger partial charge in [-0.3, -0.25) is 4.98 Å². The van der Waals surface area contributed by atoms with Crippen molar-refractivity contribution in [3.63, 3.8) is 0 Å². The second kappa shape index (κ2) is 2.73. The van der Waals surface area contributed by atoms with Crippen LogP contribution in [0.4, 0.5) is 8.78 Å². The van der Waals surface area contributed by atoms with Gasteiger partial charge in [0.1, 0.15) is 11.6 Å². The molecule has 13 heavy (non-hydrogen) atoms. The van der Waals surface area contributed by atoms with Crippen molar-refractivity contribution < 1.29 is 8.78 Å². The van der Waals surface area contributed by atoms with Gasteiger partial charge in [0, 0.05) is 11.1 Å². The van der Waals surface area contributed by atoms with Crippen molar-refractivity contribution in [3.05, 3.63) is 29.6 Å². The topological polar surface area (TPSA) is 38.9 Å². The van der Waals surface area contributed by atoms with E-state index in [0.29, 0.717) is 12.8 Å². The molecular formula is C9H10F2N2. The highest BCUT2D eigenvalue weighted by molar-refractivity contribution is 5.27. The molecule has 1 saturated carbocycles. The monoisotopic (exact) mass is 184 g/mol. The van der Waals surface area contributed by atoms with Gasteiger partial charge in [-0.25, -0.2) is 8.78 Å². The molecule has 0 amide bonds. The number of halogens is 2. The minimum Gasteiger partial charge on any atom is -0.321 e. The molecule has 1 fully saturated rings. The molecule has 0 radical (unpaired) electrons. The summed E-state index contributed by atoms with van der Waals surface area (Å²) >= 11 is 0. The average molecular weight is 184 g/mol. The molecule has 0 aromatic carbocycles. The number of hydrogen-bond donors (Lipinski definition) is 1. The molecule has 1 aliphatic rings. The van der Waals surface area contributed by atoms with Crippen LogP contribution >= 0.6 is 0 Å². The summed E-state index contributed by atoms with van der Waals surface area (Å²) < 4.78 is 26.4. The molecule has 1 heterocycles. The molecule has 1 aromatic rings. The molecule has 0 atom stereocenters. The maximum Gasteiger partial charge on any atom is 0.149 e. The number of nitrogens with zero attached hydrogens (tertiary/aromatic N) is 1. The van der Waals surface area contributed by atoms with Gasteiger partial charge in [0.25, 0.3) is 0 Å². The lowest BCUT2D eigenvalue weighted by Gasteiger charge is -2.38. The number of nitrogens with two attached hydrogens (primary N) is 1. The highest BCUT2D eigenvalue weighted by Gasteiger charge is 2.38. The van der Waals surface area contributed by atoms with E-state index in [1.807, 2.05) is 0 Å². The van der Waals surface area contributed by atoms with Crippen molar-refractivity contribution in [2.24, 2.45) is 5.73 Å². The summed E-state index contributed by atoms with van der Waals surface area (Å²) in [7, 11) is 0. The summed E-state index contributed by atoms with van der Waals surface area (Å²) in [5.74, 6) is -1.27. The summed E-state index contributed by atoms with van der Waals surface area (Å²) in [4.78, 5) is 3.41. The number of hydrogen-bond acceptors (Lipinski definition) is 2. The fourth-order valence-electron chi connectivity index (χ4n) is 1.69. The third-order valence-corrected chi connectivity index (χ3v) is 2.60. The van der Waals surface area contributed by atoms with Gasteiger partial charge in [0.15, 0.2) is 0 Å². The Kier molecular flexibility index (Phi) is 1.80. The Labute approximate surface area is 74.8 Å². The third kappa shape index (κ3) is 1.21. The van der Waals surface area contributed by atoms with Gasteiger partial charge in [0.05, 0.1) is 12.4 Å². The zero-order valence-electron chi connectivity index (χ0n) is 7.06. The van der Waals surface area contributed by atoms with E-state index in [1.165, 1.54) is 0 Å². The minimum absolute atomic E-state index is 0.00579. The molecule has 2 N–H and O–H groups in total. The van der Waals surface area contributed by atoms with Crippen LogP contribution in [-0.4, -0.2) is 4.98 Å². The first kappa shape index (κ1) is 8.56. The van der Waals surface area contributed by atoms with E-state index in [-0.39, 0.29) is 5.56 Å². The Bertz CT molecular complexity index is 314. The van der Waals surface area contributed by atoms with E-state index in [0.717, 1.165) is 18.8 Å². The first-order valence-corrected chi connectivity index (χ1v) is 4.22. The summed E-state index contributed by atoms with van der Waals surface area (Å²) in [6.07, 6.45) is 4.23. The molecule has 0 spiro atoms. The second-order valence-electron chi connectivity index (χ2n) is 3.49. The molecule has 0 saturated heterocycles. The van der Waals surface area contributed by atoms with E-state index < -0.39 is 17.2 Å². The van der Waals surface area contributed by atoms with Crippen LogP contribution in [0.25, 0.3) is 0 Å². The molecule has 4 heteroatoms. The van der Waals surface area contributed by atoms with Crippen molar-refractivity contribution >= 4 is 0 Å². The predicted octanol–water partition coefficient (Wildman–Crippen LogP) is 1.70. The van der Waals surface area contributed by atoms with Gasteiger partial charge in [-0.15, -0.1) is 0 Å². The Morgan fingerprint density at radius 1 is 1.23 bits per heavy atom. The van der Waals surface area contributed by atoms with Gasteiger partial charge < -0.3 is 5.73 Å². The van der Waals surface area contributed by atoms with Gasteiger partial charge in [-0.05, 0) is 19.3 Å². The largest absolute Gasteiger partial charge is 0.321 e. The zero-order valence-corrected chi connectivity index (χ0v) is 7.06. The number of aromatic nitrogens is 1. The van der Waals surface area contributed by atoms with Crippen LogP contribution in [0.5, 0.6) is 0 Å². The van der Waals surface area contributed by atoms with Crippen LogP contribution in [0, 0.1) is 11.6 Å². The lowest BCUT2D eigenvalue weighted by molar-refractivity contribution is 0.235. The van der Waals surface area contributed by atoms with Crippen LogP contribution in [0.2, 0.25) is 0 Å². The van der Waals surface area contributed by atoms with E-state index in [9.17, 15) is 8.78 Å². The molecule has 2 rings (SSSR count). The predicted molar refractivity (Wildman–Crippen MR) is 43.9 cm³/mol. The lowest BCUT2D eigenvalue weighted by Crippen LogP contribution is -2.44. The van der Waals surface area contributed by atoms with Crippen molar-refractivity contribution in [2.45, 2.75) is 24.8 Å². The molecule has 0 bridgehead atoms. The Balaban J connectivity index is 2.49. The lowest BCUT2D eigenvalue weighted by atomic mass is 9.72. The highest BCUT2D eigenvalue weighted by atomic mass is 19.1.